The highest BCUT2D eigenvalue weighted by Gasteiger charge is 2.40. The summed E-state index contributed by atoms with van der Waals surface area (Å²) >= 11 is 0. The fourth-order valence-corrected chi connectivity index (χ4v) is 2.23. The van der Waals surface area contributed by atoms with E-state index in [0.29, 0.717) is 13.0 Å². The maximum absolute atomic E-state index is 12.1. The van der Waals surface area contributed by atoms with Crippen LogP contribution in [0.25, 0.3) is 0 Å². The lowest BCUT2D eigenvalue weighted by Gasteiger charge is -2.22. The molecule has 1 amide bonds. The number of rotatable bonds is 3. The van der Waals surface area contributed by atoms with Crippen LogP contribution in [0.5, 0.6) is 0 Å². The fraction of sp³-hybridized carbons (Fsp3) is 0.455. The van der Waals surface area contributed by atoms with Gasteiger partial charge in [0.2, 0.25) is 0 Å². The van der Waals surface area contributed by atoms with E-state index in [0.717, 1.165) is 6.07 Å². The molecule has 0 saturated carbocycles. The summed E-state index contributed by atoms with van der Waals surface area (Å²) in [6.45, 7) is 2.04. The molecule has 2 atom stereocenters. The molecule has 0 radical (unpaired) electrons. The Morgan fingerprint density at radius 1 is 1.53 bits per heavy atom. The molecule has 1 saturated heterocycles. The first-order valence-corrected chi connectivity index (χ1v) is 5.70. The lowest BCUT2D eigenvalue weighted by atomic mass is 10.0. The minimum atomic E-state index is -1.08. The molecule has 0 spiro atoms. The molecule has 0 aromatic carbocycles. The predicted molar refractivity (Wildman–Crippen MR) is 61.6 cm³/mol. The Morgan fingerprint density at radius 3 is 2.74 bits per heavy atom. The number of furan rings is 1. The van der Waals surface area contributed by atoms with E-state index in [1.807, 2.05) is 0 Å². The Balaban J connectivity index is 2.23. The van der Waals surface area contributed by atoms with Crippen molar-refractivity contribution in [2.24, 2.45) is 5.92 Å². The highest BCUT2D eigenvalue weighted by Crippen LogP contribution is 2.27. The van der Waals surface area contributed by atoms with Crippen LogP contribution in [-0.4, -0.2) is 39.4 Å². The van der Waals surface area contributed by atoms with Crippen LogP contribution in [0.3, 0.4) is 0 Å². The molecule has 19 heavy (non-hydrogen) atoms. The normalized spacial score (nSPS) is 22.5. The van der Waals surface area contributed by atoms with Gasteiger partial charge in [0, 0.05) is 6.54 Å². The molecule has 1 aromatic heterocycles. The Kier molecular flexibility index (Phi) is 3.24. The van der Waals surface area contributed by atoms with E-state index < -0.39 is 28.7 Å². The van der Waals surface area contributed by atoms with Crippen molar-refractivity contribution < 1.29 is 24.0 Å². The van der Waals surface area contributed by atoms with Crippen molar-refractivity contribution in [3.8, 4) is 0 Å². The molecule has 2 unspecified atom stereocenters. The SMILES string of the molecule is CC1CCN(C(=O)c2ccc([N+](=O)[O-])o2)C1C(=O)O. The van der Waals surface area contributed by atoms with Crippen LogP contribution in [0.2, 0.25) is 0 Å². The van der Waals surface area contributed by atoms with E-state index in [9.17, 15) is 19.7 Å². The number of nitro groups is 1. The monoisotopic (exact) mass is 268 g/mol. The summed E-state index contributed by atoms with van der Waals surface area (Å²) in [6.07, 6.45) is 0.575. The number of likely N-dealkylation sites (tertiary alicyclic amines) is 1. The number of carboxylic acids is 1. The van der Waals surface area contributed by atoms with Gasteiger partial charge in [-0.1, -0.05) is 6.92 Å². The maximum Gasteiger partial charge on any atom is 0.433 e. The van der Waals surface area contributed by atoms with Crippen LogP contribution in [-0.2, 0) is 4.79 Å². The largest absolute Gasteiger partial charge is 0.480 e. The van der Waals surface area contributed by atoms with E-state index in [1.54, 1.807) is 6.92 Å². The highest BCUT2D eigenvalue weighted by molar-refractivity contribution is 5.95. The summed E-state index contributed by atoms with van der Waals surface area (Å²) in [5, 5.41) is 19.6. The Morgan fingerprint density at radius 2 is 2.21 bits per heavy atom. The average Bonchev–Trinajstić information content (AvgIpc) is 2.93. The first-order valence-electron chi connectivity index (χ1n) is 5.70. The van der Waals surface area contributed by atoms with Gasteiger partial charge in [-0.3, -0.25) is 14.9 Å². The molecule has 8 nitrogen and oxygen atoms in total. The number of hydrogen-bond acceptors (Lipinski definition) is 5. The number of carboxylic acid groups (broad SMARTS) is 1. The zero-order valence-electron chi connectivity index (χ0n) is 10.1. The molecule has 2 heterocycles. The Bertz CT molecular complexity index is 537. The zero-order chi connectivity index (χ0) is 14.2. The molecular weight excluding hydrogens is 256 g/mol. The molecule has 1 fully saturated rings. The maximum atomic E-state index is 12.1. The van der Waals surface area contributed by atoms with Gasteiger partial charge in [0.05, 0.1) is 6.07 Å². The van der Waals surface area contributed by atoms with Crippen LogP contribution in [0, 0.1) is 16.0 Å². The third-order valence-electron chi connectivity index (χ3n) is 3.20. The first-order chi connectivity index (χ1) is 8.91. The molecule has 1 aromatic rings. The number of nitrogens with zero attached hydrogens (tertiary/aromatic N) is 2. The van der Waals surface area contributed by atoms with Gasteiger partial charge in [-0.15, -0.1) is 0 Å². The minimum absolute atomic E-state index is 0.161. The van der Waals surface area contributed by atoms with Gasteiger partial charge >= 0.3 is 11.9 Å². The molecule has 1 N–H and O–H groups in total. The van der Waals surface area contributed by atoms with Crippen molar-refractivity contribution >= 4 is 17.8 Å². The lowest BCUT2D eigenvalue weighted by Crippen LogP contribution is -2.42. The topological polar surface area (TPSA) is 114 Å². The van der Waals surface area contributed by atoms with E-state index in [2.05, 4.69) is 0 Å². The second kappa shape index (κ2) is 4.71. The third kappa shape index (κ3) is 2.28. The van der Waals surface area contributed by atoms with E-state index in [1.165, 1.54) is 11.0 Å². The molecule has 102 valence electrons. The van der Waals surface area contributed by atoms with Gasteiger partial charge in [0.25, 0.3) is 5.91 Å². The fourth-order valence-electron chi connectivity index (χ4n) is 2.23. The predicted octanol–water partition coefficient (Wildman–Crippen LogP) is 1.12. The molecule has 1 aliphatic rings. The van der Waals surface area contributed by atoms with Gasteiger partial charge < -0.3 is 14.4 Å². The van der Waals surface area contributed by atoms with Gasteiger partial charge in [-0.2, -0.15) is 0 Å². The molecule has 2 rings (SSSR count). The summed E-state index contributed by atoms with van der Waals surface area (Å²) < 4.78 is 4.80. The van der Waals surface area contributed by atoms with Crippen molar-refractivity contribution in [2.45, 2.75) is 19.4 Å². The smallest absolute Gasteiger partial charge is 0.433 e. The first kappa shape index (κ1) is 13.1. The van der Waals surface area contributed by atoms with E-state index in [-0.39, 0.29) is 11.7 Å². The number of carbonyl (C=O) groups excluding carboxylic acids is 1. The standard InChI is InChI=1S/C11H12N2O6/c1-6-4-5-12(9(6)11(15)16)10(14)7-2-3-8(19-7)13(17)18/h2-3,6,9H,4-5H2,1H3,(H,15,16). The quantitative estimate of drug-likeness (QED) is 0.649. The molecule has 8 heteroatoms. The Labute approximate surface area is 107 Å². The zero-order valence-corrected chi connectivity index (χ0v) is 10.1. The molecule has 1 aliphatic heterocycles. The number of hydrogen-bond donors (Lipinski definition) is 1. The second-order valence-electron chi connectivity index (χ2n) is 4.44. The van der Waals surface area contributed by atoms with Crippen molar-refractivity contribution in [1.29, 1.82) is 0 Å². The van der Waals surface area contributed by atoms with Crippen molar-refractivity contribution in [1.82, 2.24) is 4.90 Å². The highest BCUT2D eigenvalue weighted by atomic mass is 16.6. The van der Waals surface area contributed by atoms with Gasteiger partial charge in [0.15, 0.2) is 5.76 Å². The van der Waals surface area contributed by atoms with Crippen LogP contribution in [0.15, 0.2) is 16.5 Å². The van der Waals surface area contributed by atoms with Crippen LogP contribution in [0.4, 0.5) is 5.88 Å². The van der Waals surface area contributed by atoms with Crippen molar-refractivity contribution in [3.05, 3.63) is 28.0 Å². The van der Waals surface area contributed by atoms with Crippen molar-refractivity contribution in [3.63, 3.8) is 0 Å². The minimum Gasteiger partial charge on any atom is -0.480 e. The summed E-state index contributed by atoms with van der Waals surface area (Å²) in [6, 6.07) is 1.34. The van der Waals surface area contributed by atoms with Gasteiger partial charge in [-0.05, 0) is 18.4 Å². The van der Waals surface area contributed by atoms with Gasteiger partial charge in [0.1, 0.15) is 11.0 Å². The van der Waals surface area contributed by atoms with Crippen molar-refractivity contribution in [2.75, 3.05) is 6.54 Å². The molecule has 0 bridgehead atoms. The van der Waals surface area contributed by atoms with Crippen LogP contribution >= 0.6 is 0 Å². The van der Waals surface area contributed by atoms with Crippen LogP contribution < -0.4 is 0 Å². The average molecular weight is 268 g/mol. The Hall–Kier alpha value is -2.38. The molecule has 0 aliphatic carbocycles. The molecular formula is C11H12N2O6. The second-order valence-corrected chi connectivity index (χ2v) is 4.44. The summed E-state index contributed by atoms with van der Waals surface area (Å²) in [4.78, 5) is 34.1. The van der Waals surface area contributed by atoms with Crippen LogP contribution in [0.1, 0.15) is 23.9 Å². The summed E-state index contributed by atoms with van der Waals surface area (Å²) in [5.41, 5.74) is 0. The number of amides is 1. The summed E-state index contributed by atoms with van der Waals surface area (Å²) in [5.74, 6) is -2.63. The van der Waals surface area contributed by atoms with E-state index in [4.69, 9.17) is 9.52 Å². The van der Waals surface area contributed by atoms with Gasteiger partial charge in [-0.25, -0.2) is 4.79 Å². The third-order valence-corrected chi connectivity index (χ3v) is 3.20. The lowest BCUT2D eigenvalue weighted by molar-refractivity contribution is -0.402. The number of aliphatic carboxylic acids is 1. The number of carbonyl (C=O) groups is 2. The summed E-state index contributed by atoms with van der Waals surface area (Å²) in [7, 11) is 0. The van der Waals surface area contributed by atoms with E-state index >= 15 is 0 Å².